The second-order valence-corrected chi connectivity index (χ2v) is 9.99. The molecule has 0 saturated carbocycles. The van der Waals surface area contributed by atoms with Gasteiger partial charge in [-0.2, -0.15) is 5.26 Å². The summed E-state index contributed by atoms with van der Waals surface area (Å²) in [7, 11) is 0. The van der Waals surface area contributed by atoms with E-state index in [0.717, 1.165) is 21.8 Å². The number of ether oxygens (including phenoxy) is 1. The molecule has 0 atom stereocenters. The van der Waals surface area contributed by atoms with Gasteiger partial charge in [0.05, 0.1) is 33.1 Å². The van der Waals surface area contributed by atoms with Crippen molar-refractivity contribution in [2.45, 2.75) is 13.2 Å². The zero-order valence-electron chi connectivity index (χ0n) is 17.4. The highest BCUT2D eigenvalue weighted by molar-refractivity contribution is 9.10. The number of hydrogen-bond acceptors (Lipinski definition) is 5. The van der Waals surface area contributed by atoms with Gasteiger partial charge in [-0.1, -0.05) is 69.5 Å². The first-order valence-electron chi connectivity index (χ1n) is 9.95. The van der Waals surface area contributed by atoms with Crippen LogP contribution in [0.3, 0.4) is 0 Å². The van der Waals surface area contributed by atoms with Crippen molar-refractivity contribution in [3.05, 3.63) is 102 Å². The molecule has 1 fully saturated rings. The lowest BCUT2D eigenvalue weighted by atomic mass is 10.1. The molecule has 1 aliphatic heterocycles. The van der Waals surface area contributed by atoms with E-state index in [4.69, 9.17) is 27.9 Å². The molecule has 0 spiro atoms. The molecule has 0 radical (unpaired) electrons. The smallest absolute Gasteiger partial charge is 0.293 e. The van der Waals surface area contributed by atoms with Gasteiger partial charge >= 0.3 is 0 Å². The average Bonchev–Trinajstić information content (AvgIpc) is 3.07. The van der Waals surface area contributed by atoms with Crippen LogP contribution in [0.4, 0.5) is 4.79 Å². The Hall–Kier alpha value is -2.76. The molecule has 0 N–H and O–H groups in total. The van der Waals surface area contributed by atoms with Gasteiger partial charge in [-0.15, -0.1) is 0 Å². The molecule has 3 aromatic carbocycles. The number of amides is 2. The molecule has 0 unspecified atom stereocenters. The summed E-state index contributed by atoms with van der Waals surface area (Å²) < 4.78 is 6.69. The summed E-state index contributed by atoms with van der Waals surface area (Å²) >= 11 is 17.0. The van der Waals surface area contributed by atoms with Crippen LogP contribution in [0.1, 0.15) is 22.3 Å². The SMILES string of the molecule is N#Cc1ccccc1COc1c(Cl)cc(/C=C2\SC(=O)N(Cc3ccc(Br)cc3)C2=O)cc1Cl. The highest BCUT2D eigenvalue weighted by Gasteiger charge is 2.35. The van der Waals surface area contributed by atoms with Crippen molar-refractivity contribution in [2.24, 2.45) is 0 Å². The third-order valence-corrected chi connectivity index (χ3v) is 6.95. The number of halogens is 3. The van der Waals surface area contributed by atoms with Crippen LogP contribution in [0.15, 0.2) is 70.0 Å². The van der Waals surface area contributed by atoms with Crippen molar-refractivity contribution in [3.63, 3.8) is 0 Å². The van der Waals surface area contributed by atoms with E-state index in [2.05, 4.69) is 22.0 Å². The average molecular weight is 574 g/mol. The van der Waals surface area contributed by atoms with Gasteiger partial charge in [-0.25, -0.2) is 0 Å². The van der Waals surface area contributed by atoms with E-state index in [9.17, 15) is 14.9 Å². The zero-order chi connectivity index (χ0) is 24.2. The van der Waals surface area contributed by atoms with E-state index in [1.807, 2.05) is 30.3 Å². The Morgan fingerprint density at radius 2 is 1.74 bits per heavy atom. The highest BCUT2D eigenvalue weighted by atomic mass is 79.9. The standard InChI is InChI=1S/C25H15BrCl2N2O3S/c26-19-7-5-15(6-8-19)13-30-24(31)22(34-25(30)32)11-16-9-20(27)23(21(28)10-16)33-14-18-4-2-1-3-17(18)12-29/h1-11H,13-14H2/b22-11-. The molecule has 34 heavy (non-hydrogen) atoms. The number of nitriles is 1. The van der Waals surface area contributed by atoms with Crippen molar-refractivity contribution in [2.75, 3.05) is 0 Å². The highest BCUT2D eigenvalue weighted by Crippen LogP contribution is 2.38. The Morgan fingerprint density at radius 1 is 1.06 bits per heavy atom. The Balaban J connectivity index is 1.51. The minimum absolute atomic E-state index is 0.122. The van der Waals surface area contributed by atoms with Crippen LogP contribution in [-0.4, -0.2) is 16.0 Å². The zero-order valence-corrected chi connectivity index (χ0v) is 21.3. The number of imide groups is 1. The molecule has 2 amide bonds. The molecule has 1 saturated heterocycles. The lowest BCUT2D eigenvalue weighted by Crippen LogP contribution is -2.27. The topological polar surface area (TPSA) is 70.4 Å². The first-order valence-corrected chi connectivity index (χ1v) is 12.3. The predicted molar refractivity (Wildman–Crippen MR) is 138 cm³/mol. The summed E-state index contributed by atoms with van der Waals surface area (Å²) in [6.45, 7) is 0.311. The lowest BCUT2D eigenvalue weighted by molar-refractivity contribution is -0.123. The van der Waals surface area contributed by atoms with E-state index in [0.29, 0.717) is 16.7 Å². The maximum Gasteiger partial charge on any atom is 0.293 e. The summed E-state index contributed by atoms with van der Waals surface area (Å²) in [6, 6.07) is 19.8. The Labute approximate surface area is 219 Å². The number of nitrogens with zero attached hydrogens (tertiary/aromatic N) is 2. The molecule has 1 heterocycles. The van der Waals surface area contributed by atoms with Gasteiger partial charge in [0.2, 0.25) is 0 Å². The molecule has 0 aliphatic carbocycles. The minimum atomic E-state index is -0.376. The number of rotatable bonds is 6. The van der Waals surface area contributed by atoms with Crippen LogP contribution in [0, 0.1) is 11.3 Å². The second kappa shape index (κ2) is 10.7. The largest absolute Gasteiger partial charge is 0.486 e. The summed E-state index contributed by atoms with van der Waals surface area (Å²) in [5.74, 6) is -0.102. The third-order valence-electron chi connectivity index (χ3n) is 4.96. The molecule has 170 valence electrons. The van der Waals surface area contributed by atoms with Crippen molar-refractivity contribution < 1.29 is 14.3 Å². The molecule has 4 rings (SSSR count). The number of carbonyl (C=O) groups excluding carboxylic acids is 2. The first kappa shape index (κ1) is 24.4. The van der Waals surface area contributed by atoms with Gasteiger partial charge in [0, 0.05) is 10.0 Å². The molecule has 3 aromatic rings. The second-order valence-electron chi connectivity index (χ2n) is 7.27. The number of thioether (sulfide) groups is 1. The Morgan fingerprint density at radius 3 is 2.41 bits per heavy atom. The molecule has 1 aliphatic rings. The van der Waals surface area contributed by atoms with Crippen LogP contribution >= 0.6 is 50.9 Å². The normalized spacial score (nSPS) is 14.5. The van der Waals surface area contributed by atoms with Crippen LogP contribution in [-0.2, 0) is 17.9 Å². The molecular formula is C25H15BrCl2N2O3S. The van der Waals surface area contributed by atoms with Gasteiger partial charge in [0.25, 0.3) is 11.1 Å². The summed E-state index contributed by atoms with van der Waals surface area (Å²) in [5.41, 5.74) is 2.62. The van der Waals surface area contributed by atoms with Crippen molar-refractivity contribution in [3.8, 4) is 11.8 Å². The molecule has 5 nitrogen and oxygen atoms in total. The molecule has 0 bridgehead atoms. The Bertz CT molecular complexity index is 1330. The number of carbonyl (C=O) groups is 2. The minimum Gasteiger partial charge on any atom is -0.486 e. The maximum atomic E-state index is 12.8. The monoisotopic (exact) mass is 572 g/mol. The van der Waals surface area contributed by atoms with Crippen LogP contribution < -0.4 is 4.74 Å². The summed E-state index contributed by atoms with van der Waals surface area (Å²) in [5, 5.41) is 9.39. The predicted octanol–water partition coefficient (Wildman–Crippen LogP) is 7.44. The van der Waals surface area contributed by atoms with E-state index in [1.165, 1.54) is 4.90 Å². The van der Waals surface area contributed by atoms with E-state index >= 15 is 0 Å². The fourth-order valence-corrected chi connectivity index (χ4v) is 4.98. The van der Waals surface area contributed by atoms with Crippen LogP contribution in [0.2, 0.25) is 10.0 Å². The van der Waals surface area contributed by atoms with Gasteiger partial charge in [-0.3, -0.25) is 14.5 Å². The Kier molecular flexibility index (Phi) is 7.64. The maximum absolute atomic E-state index is 12.8. The fourth-order valence-electron chi connectivity index (χ4n) is 3.27. The van der Waals surface area contributed by atoms with E-state index in [1.54, 1.807) is 36.4 Å². The van der Waals surface area contributed by atoms with Gasteiger partial charge in [0.1, 0.15) is 6.61 Å². The van der Waals surface area contributed by atoms with E-state index < -0.39 is 0 Å². The van der Waals surface area contributed by atoms with Crippen LogP contribution in [0.5, 0.6) is 5.75 Å². The fraction of sp³-hybridized carbons (Fsp3) is 0.0800. The quantitative estimate of drug-likeness (QED) is 0.286. The van der Waals surface area contributed by atoms with Crippen molar-refractivity contribution in [1.82, 2.24) is 4.90 Å². The van der Waals surface area contributed by atoms with Crippen molar-refractivity contribution in [1.29, 1.82) is 5.26 Å². The first-order chi connectivity index (χ1) is 16.4. The molecule has 0 aromatic heterocycles. The number of hydrogen-bond donors (Lipinski definition) is 0. The molecule has 9 heteroatoms. The van der Waals surface area contributed by atoms with Crippen molar-refractivity contribution >= 4 is 68.1 Å². The van der Waals surface area contributed by atoms with Gasteiger partial charge < -0.3 is 4.74 Å². The summed E-state index contributed by atoms with van der Waals surface area (Å²) in [6.07, 6.45) is 1.58. The van der Waals surface area contributed by atoms with E-state index in [-0.39, 0.29) is 45.0 Å². The molecular weight excluding hydrogens is 559 g/mol. The lowest BCUT2D eigenvalue weighted by Gasteiger charge is -2.13. The van der Waals surface area contributed by atoms with Gasteiger partial charge in [-0.05, 0) is 59.3 Å². The third kappa shape index (κ3) is 5.48. The van der Waals surface area contributed by atoms with Crippen LogP contribution in [0.25, 0.3) is 6.08 Å². The summed E-state index contributed by atoms with van der Waals surface area (Å²) in [4.78, 5) is 26.8. The van der Waals surface area contributed by atoms with Gasteiger partial charge in [0.15, 0.2) is 5.75 Å². The number of benzene rings is 3.